The van der Waals surface area contributed by atoms with Crippen LogP contribution in [0.25, 0.3) is 0 Å². The van der Waals surface area contributed by atoms with Crippen LogP contribution in [0.1, 0.15) is 38.8 Å². The van der Waals surface area contributed by atoms with E-state index in [1.54, 1.807) is 6.07 Å². The Bertz CT molecular complexity index is 595. The van der Waals surface area contributed by atoms with Crippen molar-refractivity contribution in [1.82, 2.24) is 10.2 Å². The van der Waals surface area contributed by atoms with E-state index in [1.807, 2.05) is 11.8 Å². The van der Waals surface area contributed by atoms with E-state index in [1.165, 1.54) is 6.07 Å². The fourth-order valence-corrected chi connectivity index (χ4v) is 3.92. The van der Waals surface area contributed by atoms with Crippen LogP contribution in [0, 0.1) is 5.82 Å². The lowest BCUT2D eigenvalue weighted by Crippen LogP contribution is -2.66. The fourth-order valence-electron chi connectivity index (χ4n) is 3.21. The molecule has 1 saturated heterocycles. The highest BCUT2D eigenvalue weighted by Gasteiger charge is 2.49. The molecule has 2 atom stereocenters. The number of rotatable bonds is 1. The van der Waals surface area contributed by atoms with Crippen LogP contribution in [0.4, 0.5) is 4.39 Å². The van der Waals surface area contributed by atoms with Crippen LogP contribution in [0.15, 0.2) is 12.1 Å². The molecule has 0 aromatic heterocycles. The van der Waals surface area contributed by atoms with Gasteiger partial charge in [0.15, 0.2) is 16.7 Å². The molecule has 0 radical (unpaired) electrons. The molecule has 1 aromatic carbocycles. The summed E-state index contributed by atoms with van der Waals surface area (Å²) in [4.78, 5) is 2.02. The lowest BCUT2D eigenvalue weighted by atomic mass is 9.89. The summed E-state index contributed by atoms with van der Waals surface area (Å²) in [5.41, 5.74) is -0.0882. The van der Waals surface area contributed by atoms with Crippen molar-refractivity contribution in [3.63, 3.8) is 0 Å². The van der Waals surface area contributed by atoms with Crippen molar-refractivity contribution in [2.45, 2.75) is 45.0 Å². The molecule has 6 heteroatoms. The second-order valence-corrected chi connectivity index (χ2v) is 6.51. The van der Waals surface area contributed by atoms with E-state index in [9.17, 15) is 4.39 Å². The molecule has 2 unspecified atom stereocenters. The third-order valence-corrected chi connectivity index (χ3v) is 4.50. The number of halogens is 2. The van der Waals surface area contributed by atoms with E-state index in [4.69, 9.17) is 28.6 Å². The molecular formula is C14H16ClFN2OS. The highest BCUT2D eigenvalue weighted by molar-refractivity contribution is 7.80. The first-order valence-electron chi connectivity index (χ1n) is 6.60. The van der Waals surface area contributed by atoms with Crippen molar-refractivity contribution in [1.29, 1.82) is 0 Å². The summed E-state index contributed by atoms with van der Waals surface area (Å²) in [7, 11) is 0. The largest absolute Gasteiger partial charge is 0.468 e. The van der Waals surface area contributed by atoms with Gasteiger partial charge >= 0.3 is 0 Å². The molecule has 108 valence electrons. The summed E-state index contributed by atoms with van der Waals surface area (Å²) in [5.74, 6) is 0.107. The predicted molar refractivity (Wildman–Crippen MR) is 80.5 cm³/mol. The normalized spacial score (nSPS) is 28.0. The van der Waals surface area contributed by atoms with Crippen LogP contribution in [0.2, 0.25) is 5.02 Å². The molecule has 1 aromatic rings. The lowest BCUT2D eigenvalue weighted by Gasteiger charge is -2.53. The zero-order chi connectivity index (χ0) is 14.7. The Balaban J connectivity index is 2.12. The number of hydrogen-bond donors (Lipinski definition) is 1. The molecule has 0 spiro atoms. The van der Waals surface area contributed by atoms with Crippen molar-refractivity contribution >= 4 is 28.9 Å². The first kappa shape index (κ1) is 13.9. The van der Waals surface area contributed by atoms with E-state index in [2.05, 4.69) is 19.2 Å². The van der Waals surface area contributed by atoms with Gasteiger partial charge in [-0.15, -0.1) is 0 Å². The van der Waals surface area contributed by atoms with Crippen molar-refractivity contribution in [3.05, 3.63) is 28.5 Å². The van der Waals surface area contributed by atoms with E-state index in [-0.39, 0.29) is 17.1 Å². The Labute approximate surface area is 128 Å². The van der Waals surface area contributed by atoms with Crippen molar-refractivity contribution in [2.24, 2.45) is 0 Å². The van der Waals surface area contributed by atoms with Crippen LogP contribution >= 0.6 is 23.8 Å². The van der Waals surface area contributed by atoms with Gasteiger partial charge in [0.05, 0.1) is 16.6 Å². The van der Waals surface area contributed by atoms with E-state index >= 15 is 0 Å². The molecular weight excluding hydrogens is 299 g/mol. The first-order chi connectivity index (χ1) is 9.33. The summed E-state index contributed by atoms with van der Waals surface area (Å²) in [6, 6.07) is 3.24. The van der Waals surface area contributed by atoms with Gasteiger partial charge < -0.3 is 15.0 Å². The quantitative estimate of drug-likeness (QED) is 0.800. The monoisotopic (exact) mass is 314 g/mol. The standard InChI is InChI=1S/C14H16ClFN2OS/c1-7(2)18-13(20)17-9-6-14(18,3)19-10-5-4-8(15)12(16)11(9)10/h4-5,7,9H,6H2,1-3H3,(H,17,20). The van der Waals surface area contributed by atoms with Gasteiger partial charge in [0, 0.05) is 12.5 Å². The Morgan fingerprint density at radius 1 is 1.55 bits per heavy atom. The molecule has 3 nitrogen and oxygen atoms in total. The number of hydrogen-bond acceptors (Lipinski definition) is 2. The summed E-state index contributed by atoms with van der Waals surface area (Å²) in [6.45, 7) is 6.10. The minimum absolute atomic E-state index is 0.106. The van der Waals surface area contributed by atoms with Gasteiger partial charge in [-0.25, -0.2) is 4.39 Å². The molecule has 3 rings (SSSR count). The molecule has 1 fully saturated rings. The van der Waals surface area contributed by atoms with E-state index in [0.717, 1.165) is 0 Å². The summed E-state index contributed by atoms with van der Waals surface area (Å²) >= 11 is 11.3. The van der Waals surface area contributed by atoms with Gasteiger partial charge in [-0.05, 0) is 45.1 Å². The Morgan fingerprint density at radius 2 is 2.25 bits per heavy atom. The maximum atomic E-state index is 14.3. The molecule has 20 heavy (non-hydrogen) atoms. The Hall–Kier alpha value is -1.07. The average Bonchev–Trinajstić information content (AvgIpc) is 2.31. The number of nitrogens with zero attached hydrogens (tertiary/aromatic N) is 1. The molecule has 0 saturated carbocycles. The smallest absolute Gasteiger partial charge is 0.184 e. The van der Waals surface area contributed by atoms with Gasteiger partial charge in [-0.1, -0.05) is 11.6 Å². The minimum atomic E-state index is -0.561. The van der Waals surface area contributed by atoms with Gasteiger partial charge in [-0.3, -0.25) is 0 Å². The minimum Gasteiger partial charge on any atom is -0.468 e. The SMILES string of the molecule is CC(C)N1C(=S)NC2CC1(C)Oc1ccc(Cl)c(F)c12. The summed E-state index contributed by atoms with van der Waals surface area (Å²) in [6.07, 6.45) is 0.621. The van der Waals surface area contributed by atoms with Crippen LogP contribution in [-0.2, 0) is 0 Å². The average molecular weight is 315 g/mol. The van der Waals surface area contributed by atoms with E-state index < -0.39 is 11.5 Å². The second kappa shape index (κ2) is 4.46. The molecule has 1 N–H and O–H groups in total. The third-order valence-electron chi connectivity index (χ3n) is 3.90. The van der Waals surface area contributed by atoms with Gasteiger partial charge in [0.25, 0.3) is 0 Å². The summed E-state index contributed by atoms with van der Waals surface area (Å²) in [5, 5.41) is 3.90. The number of thiocarbonyl (C=S) groups is 1. The van der Waals surface area contributed by atoms with Crippen LogP contribution in [0.5, 0.6) is 5.75 Å². The van der Waals surface area contributed by atoms with Crippen LogP contribution < -0.4 is 10.1 Å². The lowest BCUT2D eigenvalue weighted by molar-refractivity contribution is -0.0815. The van der Waals surface area contributed by atoms with Crippen LogP contribution in [-0.4, -0.2) is 21.8 Å². The number of nitrogens with one attached hydrogen (secondary N) is 1. The zero-order valence-electron chi connectivity index (χ0n) is 11.5. The summed E-state index contributed by atoms with van der Waals surface area (Å²) < 4.78 is 20.3. The Kier molecular flexibility index (Phi) is 3.10. The van der Waals surface area contributed by atoms with Gasteiger partial charge in [0.1, 0.15) is 5.75 Å². The second-order valence-electron chi connectivity index (χ2n) is 5.72. The van der Waals surface area contributed by atoms with Crippen molar-refractivity contribution in [2.75, 3.05) is 0 Å². The molecule has 2 heterocycles. The Morgan fingerprint density at radius 3 is 2.90 bits per heavy atom. The maximum Gasteiger partial charge on any atom is 0.184 e. The highest BCUT2D eigenvalue weighted by Crippen LogP contribution is 2.46. The molecule has 0 aliphatic carbocycles. The predicted octanol–water partition coefficient (Wildman–Crippen LogP) is 3.62. The number of fused-ring (bicyclic) bond motifs is 4. The highest BCUT2D eigenvalue weighted by atomic mass is 35.5. The number of ether oxygens (including phenoxy) is 1. The molecule has 2 aliphatic rings. The third kappa shape index (κ3) is 1.87. The first-order valence-corrected chi connectivity index (χ1v) is 7.39. The number of benzene rings is 1. The molecule has 0 amide bonds. The van der Waals surface area contributed by atoms with Gasteiger partial charge in [0.2, 0.25) is 0 Å². The molecule has 2 aliphatic heterocycles. The van der Waals surface area contributed by atoms with Gasteiger partial charge in [-0.2, -0.15) is 0 Å². The maximum absolute atomic E-state index is 14.3. The topological polar surface area (TPSA) is 24.5 Å². The van der Waals surface area contributed by atoms with Crippen LogP contribution in [0.3, 0.4) is 0 Å². The van der Waals surface area contributed by atoms with E-state index in [0.29, 0.717) is 22.8 Å². The zero-order valence-corrected chi connectivity index (χ0v) is 13.1. The van der Waals surface area contributed by atoms with Crippen molar-refractivity contribution < 1.29 is 9.13 Å². The molecule has 2 bridgehead atoms. The van der Waals surface area contributed by atoms with Crippen molar-refractivity contribution in [3.8, 4) is 5.75 Å². The fraction of sp³-hybridized carbons (Fsp3) is 0.500.